The number of nitrogens with two attached hydrogens (primary N) is 1. The summed E-state index contributed by atoms with van der Waals surface area (Å²) in [5, 5.41) is 0. The molecule has 0 bridgehead atoms. The van der Waals surface area contributed by atoms with Crippen molar-refractivity contribution in [2.24, 2.45) is 5.90 Å². The Morgan fingerprint density at radius 3 is 2.53 bits per heavy atom. The van der Waals surface area contributed by atoms with Crippen LogP contribution in [0.2, 0.25) is 0 Å². The van der Waals surface area contributed by atoms with E-state index in [1.54, 1.807) is 6.92 Å². The van der Waals surface area contributed by atoms with Crippen LogP contribution < -0.4 is 10.6 Å². The molecule has 2 N–H and O–H groups in total. The van der Waals surface area contributed by atoms with E-state index in [0.717, 1.165) is 11.1 Å². The van der Waals surface area contributed by atoms with Crippen molar-refractivity contribution in [3.05, 3.63) is 28.6 Å². The summed E-state index contributed by atoms with van der Waals surface area (Å²) in [4.78, 5) is 4.48. The van der Waals surface area contributed by atoms with Crippen LogP contribution in [-0.2, 0) is 11.3 Å². The Kier molecular flexibility index (Phi) is 4.05. The van der Waals surface area contributed by atoms with E-state index in [-0.39, 0.29) is 5.82 Å². The smallest absolute Gasteiger partial charge is 0.130 e. The third-order valence-corrected chi connectivity index (χ3v) is 2.52. The first kappa shape index (κ1) is 11.9. The fraction of sp³-hybridized carbons (Fsp3) is 0.455. The molecule has 0 aliphatic heterocycles. The summed E-state index contributed by atoms with van der Waals surface area (Å²) in [7, 11) is 1.54. The first-order chi connectivity index (χ1) is 7.11. The van der Waals surface area contributed by atoms with Gasteiger partial charge in [-0.1, -0.05) is 0 Å². The molecule has 0 saturated carbocycles. The minimum atomic E-state index is -0.260. The van der Waals surface area contributed by atoms with Gasteiger partial charge in [0, 0.05) is 5.56 Å². The fourth-order valence-electron chi connectivity index (χ4n) is 1.64. The molecule has 0 aromatic heterocycles. The quantitative estimate of drug-likeness (QED) is 0.777. The zero-order valence-electron chi connectivity index (χ0n) is 9.26. The van der Waals surface area contributed by atoms with Crippen LogP contribution >= 0.6 is 0 Å². The molecular weight excluding hydrogens is 197 g/mol. The zero-order valence-corrected chi connectivity index (χ0v) is 9.26. The lowest BCUT2D eigenvalue weighted by molar-refractivity contribution is 0.141. The van der Waals surface area contributed by atoms with Crippen LogP contribution in [-0.4, -0.2) is 13.7 Å². The van der Waals surface area contributed by atoms with Gasteiger partial charge in [0.25, 0.3) is 0 Å². The van der Waals surface area contributed by atoms with Gasteiger partial charge in [-0.2, -0.15) is 0 Å². The number of rotatable bonds is 4. The predicted octanol–water partition coefficient (Wildman–Crippen LogP) is 1.88. The van der Waals surface area contributed by atoms with E-state index in [0.29, 0.717) is 24.3 Å². The summed E-state index contributed by atoms with van der Waals surface area (Å²) < 4.78 is 18.6. The molecule has 15 heavy (non-hydrogen) atoms. The molecule has 1 aromatic carbocycles. The second kappa shape index (κ2) is 5.09. The van der Waals surface area contributed by atoms with Gasteiger partial charge >= 0.3 is 0 Å². The first-order valence-corrected chi connectivity index (χ1v) is 4.76. The Hall–Kier alpha value is -1.13. The van der Waals surface area contributed by atoms with Crippen LogP contribution in [0.3, 0.4) is 0 Å². The number of hydrogen-bond acceptors (Lipinski definition) is 3. The van der Waals surface area contributed by atoms with Crippen molar-refractivity contribution in [3.8, 4) is 5.75 Å². The molecule has 3 nitrogen and oxygen atoms in total. The zero-order chi connectivity index (χ0) is 11.4. The minimum absolute atomic E-state index is 0.260. The van der Waals surface area contributed by atoms with Crippen molar-refractivity contribution in [3.63, 3.8) is 0 Å². The van der Waals surface area contributed by atoms with Gasteiger partial charge in [-0.15, -0.1) is 0 Å². The molecular formula is C11H16FNO2. The van der Waals surface area contributed by atoms with E-state index in [1.165, 1.54) is 13.2 Å². The highest BCUT2D eigenvalue weighted by Gasteiger charge is 2.12. The third kappa shape index (κ3) is 2.46. The van der Waals surface area contributed by atoms with Crippen LogP contribution in [0, 0.1) is 19.7 Å². The van der Waals surface area contributed by atoms with Crippen molar-refractivity contribution in [1.82, 2.24) is 0 Å². The molecule has 0 saturated heterocycles. The number of ether oxygens (including phenoxy) is 1. The number of benzene rings is 1. The summed E-state index contributed by atoms with van der Waals surface area (Å²) in [6.07, 6.45) is 0.579. The highest BCUT2D eigenvalue weighted by molar-refractivity contribution is 5.46. The van der Waals surface area contributed by atoms with E-state index < -0.39 is 0 Å². The molecule has 84 valence electrons. The van der Waals surface area contributed by atoms with Gasteiger partial charge < -0.3 is 9.57 Å². The Balaban J connectivity index is 3.12. The van der Waals surface area contributed by atoms with Gasteiger partial charge in [0.1, 0.15) is 11.6 Å². The van der Waals surface area contributed by atoms with Gasteiger partial charge in [-0.05, 0) is 37.5 Å². The SMILES string of the molecule is COc1c(C)c(F)cc(CCON)c1C. The average Bonchev–Trinajstić information content (AvgIpc) is 2.22. The number of hydrogen-bond donors (Lipinski definition) is 1. The largest absolute Gasteiger partial charge is 0.496 e. The molecule has 0 aliphatic carbocycles. The third-order valence-electron chi connectivity index (χ3n) is 2.52. The number of methoxy groups -OCH3 is 1. The second-order valence-corrected chi connectivity index (χ2v) is 3.42. The normalized spacial score (nSPS) is 10.5. The lowest BCUT2D eigenvalue weighted by Gasteiger charge is -2.13. The summed E-state index contributed by atoms with van der Waals surface area (Å²) in [5.74, 6) is 5.28. The van der Waals surface area contributed by atoms with Crippen LogP contribution in [0.4, 0.5) is 4.39 Å². The second-order valence-electron chi connectivity index (χ2n) is 3.42. The minimum Gasteiger partial charge on any atom is -0.496 e. The van der Waals surface area contributed by atoms with Crippen LogP contribution in [0.25, 0.3) is 0 Å². The maximum Gasteiger partial charge on any atom is 0.130 e. The molecule has 0 radical (unpaired) electrons. The maximum atomic E-state index is 13.5. The highest BCUT2D eigenvalue weighted by Crippen LogP contribution is 2.28. The first-order valence-electron chi connectivity index (χ1n) is 4.76. The molecule has 0 spiro atoms. The monoisotopic (exact) mass is 213 g/mol. The summed E-state index contributed by atoms with van der Waals surface area (Å²) in [6, 6.07) is 1.51. The standard InChI is InChI=1S/C11H16FNO2/c1-7-9(4-5-15-13)6-10(12)8(2)11(7)14-3/h6H,4-5,13H2,1-3H3. The summed E-state index contributed by atoms with van der Waals surface area (Å²) in [6.45, 7) is 3.97. The van der Waals surface area contributed by atoms with Gasteiger partial charge in [0.15, 0.2) is 0 Å². The lowest BCUT2D eigenvalue weighted by Crippen LogP contribution is -2.06. The summed E-state index contributed by atoms with van der Waals surface area (Å²) >= 11 is 0. The Morgan fingerprint density at radius 1 is 1.33 bits per heavy atom. The topological polar surface area (TPSA) is 44.5 Å². The van der Waals surface area contributed by atoms with Crippen molar-refractivity contribution in [2.45, 2.75) is 20.3 Å². The van der Waals surface area contributed by atoms with Gasteiger partial charge in [0.05, 0.1) is 13.7 Å². The highest BCUT2D eigenvalue weighted by atomic mass is 19.1. The van der Waals surface area contributed by atoms with E-state index in [9.17, 15) is 4.39 Å². The Labute approximate surface area is 88.9 Å². The Bertz CT molecular complexity index is 353. The van der Waals surface area contributed by atoms with Crippen molar-refractivity contribution in [1.29, 1.82) is 0 Å². The van der Waals surface area contributed by atoms with Crippen molar-refractivity contribution in [2.75, 3.05) is 13.7 Å². The predicted molar refractivity (Wildman–Crippen MR) is 56.3 cm³/mol. The van der Waals surface area contributed by atoms with Crippen LogP contribution in [0.15, 0.2) is 6.07 Å². The molecule has 4 heteroatoms. The molecule has 1 rings (SSSR count). The molecule has 0 unspecified atom stereocenters. The molecule has 1 aromatic rings. The van der Waals surface area contributed by atoms with Crippen molar-refractivity contribution >= 4 is 0 Å². The van der Waals surface area contributed by atoms with Crippen LogP contribution in [0.5, 0.6) is 5.75 Å². The summed E-state index contributed by atoms with van der Waals surface area (Å²) in [5.41, 5.74) is 2.33. The van der Waals surface area contributed by atoms with Gasteiger partial charge in [-0.25, -0.2) is 10.3 Å². The van der Waals surface area contributed by atoms with Crippen molar-refractivity contribution < 1.29 is 14.0 Å². The molecule has 0 aliphatic rings. The lowest BCUT2D eigenvalue weighted by atomic mass is 10.0. The molecule has 0 fully saturated rings. The average molecular weight is 213 g/mol. The number of halogens is 1. The van der Waals surface area contributed by atoms with E-state index >= 15 is 0 Å². The Morgan fingerprint density at radius 2 is 2.00 bits per heavy atom. The van der Waals surface area contributed by atoms with E-state index in [2.05, 4.69) is 4.84 Å². The maximum absolute atomic E-state index is 13.5. The van der Waals surface area contributed by atoms with E-state index in [1.807, 2.05) is 6.92 Å². The molecule has 0 heterocycles. The molecule has 0 amide bonds. The van der Waals surface area contributed by atoms with E-state index in [4.69, 9.17) is 10.6 Å². The fourth-order valence-corrected chi connectivity index (χ4v) is 1.64. The van der Waals surface area contributed by atoms with Gasteiger partial charge in [0.2, 0.25) is 0 Å². The van der Waals surface area contributed by atoms with Crippen LogP contribution in [0.1, 0.15) is 16.7 Å². The van der Waals surface area contributed by atoms with Gasteiger partial charge in [-0.3, -0.25) is 0 Å². The molecule has 0 atom stereocenters.